The Hall–Kier alpha value is -1.86. The van der Waals surface area contributed by atoms with E-state index < -0.39 is 55.7 Å². The second-order valence-corrected chi connectivity index (χ2v) is 3.60. The largest absolute Gasteiger partial charge is 0.481 e. The summed E-state index contributed by atoms with van der Waals surface area (Å²) < 4.78 is 4.36. The predicted octanol–water partition coefficient (Wildman–Crippen LogP) is -1.96. The molecule has 0 fully saturated rings. The summed E-state index contributed by atoms with van der Waals surface area (Å²) in [5.41, 5.74) is -2.77. The van der Waals surface area contributed by atoms with Crippen molar-refractivity contribution in [3.63, 3.8) is 0 Å². The average Bonchev–Trinajstić information content (AvgIpc) is 2.24. The summed E-state index contributed by atoms with van der Waals surface area (Å²) in [6.07, 6.45) is -3.57. The summed E-state index contributed by atoms with van der Waals surface area (Å²) in [5.74, 6) is -4.67. The second-order valence-electron chi connectivity index (χ2n) is 3.60. The number of aliphatic carboxylic acids is 2. The van der Waals surface area contributed by atoms with Crippen LogP contribution in [0.5, 0.6) is 0 Å². The Bertz CT molecular complexity index is 341. The molecule has 2 atom stereocenters. The van der Waals surface area contributed by atoms with Crippen LogP contribution in [0.1, 0.15) is 12.8 Å². The molecule has 0 aromatic rings. The standard InChI is InChI=1S/C9H14O9.FH.2H3N/c10-3-5(11)4-18-7(14)2-9(17,8(15)16)1-6(12)13;;;/h5,10-11,17H,1-4H2,(H,12,13)(H,15,16);1H;2*1H3. The van der Waals surface area contributed by atoms with Crippen LogP contribution in [0.15, 0.2) is 0 Å². The molecule has 0 amide bonds. The lowest BCUT2D eigenvalue weighted by molar-refractivity contribution is -0.172. The summed E-state index contributed by atoms with van der Waals surface area (Å²) in [4.78, 5) is 32.2. The van der Waals surface area contributed by atoms with Crippen LogP contribution < -0.4 is 12.3 Å². The van der Waals surface area contributed by atoms with E-state index in [0.29, 0.717) is 0 Å². The van der Waals surface area contributed by atoms with Crippen molar-refractivity contribution >= 4 is 17.9 Å². The highest BCUT2D eigenvalue weighted by atomic mass is 19.0. The summed E-state index contributed by atoms with van der Waals surface area (Å²) in [6.45, 7) is -1.25. The highest BCUT2D eigenvalue weighted by Gasteiger charge is 2.41. The molecule has 0 bridgehead atoms. The Kier molecular flexibility index (Phi) is 15.6. The number of carbonyl (C=O) groups excluding carboxylic acids is 1. The molecule has 11 nitrogen and oxygen atoms in total. The molecule has 0 aliphatic rings. The van der Waals surface area contributed by atoms with E-state index >= 15 is 0 Å². The van der Waals surface area contributed by atoms with Crippen molar-refractivity contribution in [2.45, 2.75) is 24.5 Å². The summed E-state index contributed by atoms with van der Waals surface area (Å²) in [7, 11) is 0. The first-order valence-corrected chi connectivity index (χ1v) is 4.83. The number of carboxylic acid groups (broad SMARTS) is 2. The van der Waals surface area contributed by atoms with E-state index in [-0.39, 0.29) is 17.0 Å². The molecule has 0 saturated heterocycles. The van der Waals surface area contributed by atoms with E-state index in [2.05, 4.69) is 4.74 Å². The van der Waals surface area contributed by atoms with E-state index in [0.717, 1.165) is 0 Å². The van der Waals surface area contributed by atoms with Gasteiger partial charge in [0.25, 0.3) is 0 Å². The lowest BCUT2D eigenvalue weighted by Crippen LogP contribution is -2.43. The second kappa shape index (κ2) is 11.9. The number of aliphatic hydroxyl groups excluding tert-OH is 2. The van der Waals surface area contributed by atoms with Gasteiger partial charge in [-0.25, -0.2) is 4.79 Å². The van der Waals surface area contributed by atoms with Gasteiger partial charge >= 0.3 is 17.9 Å². The zero-order valence-electron chi connectivity index (χ0n) is 11.1. The van der Waals surface area contributed by atoms with Crippen molar-refractivity contribution in [1.29, 1.82) is 0 Å². The van der Waals surface area contributed by atoms with Crippen molar-refractivity contribution in [3.05, 3.63) is 0 Å². The van der Waals surface area contributed by atoms with Gasteiger partial charge in [0.15, 0.2) is 5.60 Å². The van der Waals surface area contributed by atoms with Crippen LogP contribution in [0.2, 0.25) is 0 Å². The fourth-order valence-corrected chi connectivity index (χ4v) is 0.996. The topological polar surface area (TPSA) is 232 Å². The van der Waals surface area contributed by atoms with Crippen LogP contribution in [-0.4, -0.2) is 68.4 Å². The van der Waals surface area contributed by atoms with Gasteiger partial charge in [-0.15, -0.1) is 0 Å². The number of hydrogen-bond donors (Lipinski definition) is 7. The van der Waals surface area contributed by atoms with Crippen molar-refractivity contribution in [2.24, 2.45) is 0 Å². The maximum Gasteiger partial charge on any atom is 0.336 e. The molecule has 128 valence electrons. The first-order valence-electron chi connectivity index (χ1n) is 4.83. The third-order valence-electron chi connectivity index (χ3n) is 1.93. The quantitative estimate of drug-likeness (QED) is 0.242. The summed E-state index contributed by atoms with van der Waals surface area (Å²) in [5, 5.41) is 43.8. The maximum atomic E-state index is 11.1. The molecule has 0 aromatic carbocycles. The average molecular weight is 320 g/mol. The molecule has 0 saturated carbocycles. The van der Waals surface area contributed by atoms with Crippen LogP contribution in [0, 0.1) is 0 Å². The van der Waals surface area contributed by atoms with Gasteiger partial charge in [0.05, 0.1) is 19.4 Å². The number of aliphatic hydroxyl groups is 3. The molecule has 2 unspecified atom stereocenters. The lowest BCUT2D eigenvalue weighted by atomic mass is 9.96. The van der Waals surface area contributed by atoms with E-state index in [4.69, 9.17) is 20.4 Å². The molecule has 0 aromatic heterocycles. The minimum atomic E-state index is -2.77. The van der Waals surface area contributed by atoms with Gasteiger partial charge in [-0.2, -0.15) is 0 Å². The molecule has 0 rings (SSSR count). The highest BCUT2D eigenvalue weighted by molar-refractivity contribution is 5.88. The molecule has 0 heterocycles. The van der Waals surface area contributed by atoms with Crippen LogP contribution >= 0.6 is 0 Å². The van der Waals surface area contributed by atoms with Gasteiger partial charge in [-0.1, -0.05) is 0 Å². The van der Waals surface area contributed by atoms with E-state index in [1.807, 2.05) is 0 Å². The third-order valence-corrected chi connectivity index (χ3v) is 1.93. The van der Waals surface area contributed by atoms with Crippen LogP contribution in [0.3, 0.4) is 0 Å². The van der Waals surface area contributed by atoms with Crippen LogP contribution in [0.4, 0.5) is 4.70 Å². The van der Waals surface area contributed by atoms with Crippen LogP contribution in [0.25, 0.3) is 0 Å². The van der Waals surface area contributed by atoms with Gasteiger partial charge in [0.2, 0.25) is 0 Å². The van der Waals surface area contributed by atoms with Gasteiger partial charge in [-0.05, 0) is 0 Å². The lowest BCUT2D eigenvalue weighted by Gasteiger charge is -2.20. The Morgan fingerprint density at radius 3 is 1.90 bits per heavy atom. The Morgan fingerprint density at radius 2 is 1.57 bits per heavy atom. The van der Waals surface area contributed by atoms with Gasteiger partial charge in [-0.3, -0.25) is 14.3 Å². The number of esters is 1. The number of carbonyl (C=O) groups is 3. The SMILES string of the molecule is F.N.N.O=C(O)CC(O)(CC(=O)OCC(O)CO)C(=O)O. The third kappa shape index (κ3) is 10.6. The smallest absolute Gasteiger partial charge is 0.336 e. The fourth-order valence-electron chi connectivity index (χ4n) is 0.996. The van der Waals surface area contributed by atoms with Crippen molar-refractivity contribution in [2.75, 3.05) is 13.2 Å². The summed E-state index contributed by atoms with van der Waals surface area (Å²) >= 11 is 0. The van der Waals surface area contributed by atoms with Crippen LogP contribution in [-0.2, 0) is 19.1 Å². The molecule has 0 radical (unpaired) electrons. The Morgan fingerprint density at radius 1 is 1.10 bits per heavy atom. The van der Waals surface area contributed by atoms with Gasteiger partial charge in [0.1, 0.15) is 12.7 Å². The highest BCUT2D eigenvalue weighted by Crippen LogP contribution is 2.17. The van der Waals surface area contributed by atoms with Gasteiger partial charge < -0.3 is 42.6 Å². The van der Waals surface area contributed by atoms with Crippen molar-refractivity contribution in [1.82, 2.24) is 12.3 Å². The Balaban J connectivity index is -0.000000482. The fraction of sp³-hybridized carbons (Fsp3) is 0.667. The van der Waals surface area contributed by atoms with E-state index in [1.165, 1.54) is 0 Å². The van der Waals surface area contributed by atoms with Crippen molar-refractivity contribution < 1.29 is 49.4 Å². The van der Waals surface area contributed by atoms with E-state index in [9.17, 15) is 19.5 Å². The molecule has 0 spiro atoms. The van der Waals surface area contributed by atoms with E-state index in [1.54, 1.807) is 0 Å². The Labute approximate surface area is 118 Å². The zero-order valence-corrected chi connectivity index (χ0v) is 11.1. The maximum absolute atomic E-state index is 11.1. The molecular formula is C9H21FN2O9. The monoisotopic (exact) mass is 320 g/mol. The summed E-state index contributed by atoms with van der Waals surface area (Å²) in [6, 6.07) is 0. The number of halogens is 1. The minimum Gasteiger partial charge on any atom is -0.481 e. The minimum absolute atomic E-state index is 0. The molecule has 11 N–H and O–H groups in total. The normalized spacial score (nSPS) is 13.3. The number of carboxylic acids is 2. The molecule has 21 heavy (non-hydrogen) atoms. The number of hydrogen-bond acceptors (Lipinski definition) is 9. The molecular weight excluding hydrogens is 299 g/mol. The zero-order chi connectivity index (χ0) is 14.3. The molecule has 0 aliphatic carbocycles. The number of ether oxygens (including phenoxy) is 1. The number of rotatable bonds is 8. The predicted molar refractivity (Wildman–Crippen MR) is 66.1 cm³/mol. The molecule has 12 heteroatoms. The first-order chi connectivity index (χ1) is 8.21. The molecule has 0 aliphatic heterocycles. The van der Waals surface area contributed by atoms with Gasteiger partial charge in [0, 0.05) is 0 Å². The van der Waals surface area contributed by atoms with Crippen molar-refractivity contribution in [3.8, 4) is 0 Å². The first kappa shape index (κ1) is 27.5.